The van der Waals surface area contributed by atoms with Crippen LogP contribution in [0.1, 0.15) is 11.3 Å². The zero-order chi connectivity index (χ0) is 10.3. The zero-order valence-electron chi connectivity index (χ0n) is 8.03. The second kappa shape index (κ2) is 3.38. The number of halogens is 1. The molecule has 0 radical (unpaired) electrons. The fourth-order valence-corrected chi connectivity index (χ4v) is 2.30. The molecule has 0 atom stereocenters. The summed E-state index contributed by atoms with van der Waals surface area (Å²) in [7, 11) is 0. The van der Waals surface area contributed by atoms with E-state index in [0.717, 1.165) is 22.2 Å². The van der Waals surface area contributed by atoms with Gasteiger partial charge in [-0.05, 0) is 6.07 Å². The number of hydrogen-bond donors (Lipinski definition) is 0. The minimum absolute atomic E-state index is 0.830. The summed E-state index contributed by atoms with van der Waals surface area (Å²) in [4.78, 5) is 0. The Morgan fingerprint density at radius 3 is 3.00 bits per heavy atom. The lowest BCUT2D eigenvalue weighted by atomic mass is 10.1. The quantitative estimate of drug-likeness (QED) is 0.689. The molecule has 0 saturated heterocycles. The number of furan rings is 1. The lowest BCUT2D eigenvalue weighted by Gasteiger charge is -1.93. The van der Waals surface area contributed by atoms with Crippen LogP contribution in [0.4, 0.5) is 0 Å². The Labute approximate surface area is 96.2 Å². The number of para-hydroxylation sites is 1. The van der Waals surface area contributed by atoms with Gasteiger partial charge < -0.3 is 4.42 Å². The van der Waals surface area contributed by atoms with E-state index in [1.165, 1.54) is 10.9 Å². The van der Waals surface area contributed by atoms with E-state index in [1.807, 2.05) is 18.2 Å². The molecule has 2 aromatic rings. The molecule has 1 aliphatic rings. The van der Waals surface area contributed by atoms with Crippen LogP contribution in [-0.4, -0.2) is 0 Å². The van der Waals surface area contributed by atoms with Crippen molar-refractivity contribution in [3.63, 3.8) is 0 Å². The van der Waals surface area contributed by atoms with Gasteiger partial charge in [-0.2, -0.15) is 0 Å². The van der Waals surface area contributed by atoms with Crippen LogP contribution in [0.15, 0.2) is 45.3 Å². The summed E-state index contributed by atoms with van der Waals surface area (Å²) in [6.45, 7) is 0. The first-order chi connectivity index (χ1) is 7.34. The molecule has 15 heavy (non-hydrogen) atoms. The lowest BCUT2D eigenvalue weighted by Crippen LogP contribution is -1.81. The van der Waals surface area contributed by atoms with E-state index in [-0.39, 0.29) is 0 Å². The summed E-state index contributed by atoms with van der Waals surface area (Å²) >= 11 is 3.52. The van der Waals surface area contributed by atoms with Crippen molar-refractivity contribution in [2.45, 2.75) is 6.42 Å². The molecule has 1 aliphatic carbocycles. The highest BCUT2D eigenvalue weighted by molar-refractivity contribution is 9.11. The van der Waals surface area contributed by atoms with Gasteiger partial charge in [-0.25, -0.2) is 0 Å². The van der Waals surface area contributed by atoms with Gasteiger partial charge in [0.15, 0.2) is 0 Å². The molecular weight excluding hydrogens is 252 g/mol. The van der Waals surface area contributed by atoms with Crippen LogP contribution in [0.2, 0.25) is 0 Å². The number of allylic oxidation sites excluding steroid dienone is 3. The summed E-state index contributed by atoms with van der Waals surface area (Å²) in [6, 6.07) is 8.15. The molecule has 1 aromatic carbocycles. The van der Waals surface area contributed by atoms with Gasteiger partial charge >= 0.3 is 0 Å². The van der Waals surface area contributed by atoms with Crippen LogP contribution >= 0.6 is 15.9 Å². The summed E-state index contributed by atoms with van der Waals surface area (Å²) in [5.41, 5.74) is 2.17. The van der Waals surface area contributed by atoms with Crippen molar-refractivity contribution in [3.05, 3.63) is 52.2 Å². The molecule has 1 heterocycles. The second-order valence-electron chi connectivity index (χ2n) is 3.58. The normalized spacial score (nSPS) is 14.9. The number of hydrogen-bond acceptors (Lipinski definition) is 1. The van der Waals surface area contributed by atoms with Crippen molar-refractivity contribution in [1.29, 1.82) is 0 Å². The van der Waals surface area contributed by atoms with E-state index in [1.54, 1.807) is 0 Å². The third kappa shape index (κ3) is 1.45. The SMILES string of the molecule is BrC1=CC=Cc2c(oc3ccccc23)C1. The van der Waals surface area contributed by atoms with Gasteiger partial charge in [-0.3, -0.25) is 0 Å². The molecule has 0 fully saturated rings. The Hall–Kier alpha value is -1.28. The molecule has 0 saturated carbocycles. The Balaban J connectivity index is 2.31. The summed E-state index contributed by atoms with van der Waals surface area (Å²) in [6.07, 6.45) is 7.05. The smallest absolute Gasteiger partial charge is 0.134 e. The van der Waals surface area contributed by atoms with Gasteiger partial charge in [0.2, 0.25) is 0 Å². The number of rotatable bonds is 0. The van der Waals surface area contributed by atoms with Crippen LogP contribution in [0.3, 0.4) is 0 Å². The van der Waals surface area contributed by atoms with Crippen LogP contribution in [0.25, 0.3) is 17.0 Å². The van der Waals surface area contributed by atoms with Gasteiger partial charge in [0.25, 0.3) is 0 Å². The third-order valence-corrected chi connectivity index (χ3v) is 3.12. The van der Waals surface area contributed by atoms with Crippen LogP contribution < -0.4 is 0 Å². The van der Waals surface area contributed by atoms with Crippen molar-refractivity contribution in [1.82, 2.24) is 0 Å². The molecule has 0 spiro atoms. The summed E-state index contributed by atoms with van der Waals surface area (Å²) in [5.74, 6) is 1.04. The van der Waals surface area contributed by atoms with Gasteiger partial charge in [-0.15, -0.1) is 0 Å². The minimum Gasteiger partial charge on any atom is -0.460 e. The fourth-order valence-electron chi connectivity index (χ4n) is 1.89. The Kier molecular flexibility index (Phi) is 2.03. The molecule has 0 unspecified atom stereocenters. The second-order valence-corrected chi connectivity index (χ2v) is 4.60. The molecule has 1 aromatic heterocycles. The largest absolute Gasteiger partial charge is 0.460 e. The van der Waals surface area contributed by atoms with Gasteiger partial charge in [-0.1, -0.05) is 52.4 Å². The number of benzene rings is 1. The monoisotopic (exact) mass is 260 g/mol. The van der Waals surface area contributed by atoms with E-state index in [9.17, 15) is 0 Å². The fraction of sp³-hybridized carbons (Fsp3) is 0.0769. The Morgan fingerprint density at radius 1 is 1.20 bits per heavy atom. The first-order valence-electron chi connectivity index (χ1n) is 4.88. The third-order valence-electron chi connectivity index (χ3n) is 2.58. The molecule has 2 heteroatoms. The maximum absolute atomic E-state index is 5.82. The van der Waals surface area contributed by atoms with E-state index < -0.39 is 0 Å². The standard InChI is InChI=1S/C13H9BrO/c14-9-4-3-6-11-10-5-1-2-7-12(10)15-13(11)8-9/h1-7H,8H2. The molecule has 0 aliphatic heterocycles. The highest BCUT2D eigenvalue weighted by atomic mass is 79.9. The van der Waals surface area contributed by atoms with Crippen LogP contribution in [-0.2, 0) is 6.42 Å². The summed E-state index contributed by atoms with van der Waals surface area (Å²) in [5, 5.41) is 1.19. The van der Waals surface area contributed by atoms with E-state index in [0.29, 0.717) is 0 Å². The molecular formula is C13H9BrO. The van der Waals surface area contributed by atoms with Gasteiger partial charge in [0.1, 0.15) is 11.3 Å². The van der Waals surface area contributed by atoms with Crippen molar-refractivity contribution >= 4 is 33.0 Å². The Bertz CT molecular complexity index is 575. The molecule has 74 valence electrons. The number of fused-ring (bicyclic) bond motifs is 3. The van der Waals surface area contributed by atoms with E-state index in [2.05, 4.69) is 40.2 Å². The Morgan fingerprint density at radius 2 is 2.07 bits per heavy atom. The highest BCUT2D eigenvalue weighted by Gasteiger charge is 2.13. The highest BCUT2D eigenvalue weighted by Crippen LogP contribution is 2.31. The molecule has 3 rings (SSSR count). The molecule has 0 N–H and O–H groups in total. The van der Waals surface area contributed by atoms with E-state index in [4.69, 9.17) is 4.42 Å². The van der Waals surface area contributed by atoms with Gasteiger partial charge in [0.05, 0.1) is 0 Å². The molecule has 1 nitrogen and oxygen atoms in total. The van der Waals surface area contributed by atoms with Crippen molar-refractivity contribution in [3.8, 4) is 0 Å². The first-order valence-corrected chi connectivity index (χ1v) is 5.67. The van der Waals surface area contributed by atoms with Crippen molar-refractivity contribution in [2.75, 3.05) is 0 Å². The maximum atomic E-state index is 5.82. The maximum Gasteiger partial charge on any atom is 0.134 e. The van der Waals surface area contributed by atoms with Crippen molar-refractivity contribution < 1.29 is 4.42 Å². The first kappa shape index (κ1) is 8.98. The lowest BCUT2D eigenvalue weighted by molar-refractivity contribution is 0.564. The topological polar surface area (TPSA) is 13.1 Å². The summed E-state index contributed by atoms with van der Waals surface area (Å²) < 4.78 is 6.97. The average molecular weight is 261 g/mol. The van der Waals surface area contributed by atoms with Crippen molar-refractivity contribution in [2.24, 2.45) is 0 Å². The predicted octanol–water partition coefficient (Wildman–Crippen LogP) is 4.28. The van der Waals surface area contributed by atoms with Crippen LogP contribution in [0, 0.1) is 0 Å². The molecule has 0 bridgehead atoms. The minimum atomic E-state index is 0.830. The van der Waals surface area contributed by atoms with Gasteiger partial charge in [0, 0.05) is 21.9 Å². The zero-order valence-corrected chi connectivity index (χ0v) is 9.62. The molecule has 0 amide bonds. The average Bonchev–Trinajstić information content (AvgIpc) is 2.46. The van der Waals surface area contributed by atoms with E-state index >= 15 is 0 Å². The van der Waals surface area contributed by atoms with Crippen LogP contribution in [0.5, 0.6) is 0 Å². The predicted molar refractivity (Wildman–Crippen MR) is 66.0 cm³/mol.